The van der Waals surface area contributed by atoms with E-state index < -0.39 is 18.6 Å². The first-order chi connectivity index (χ1) is 15.8. The second-order valence-corrected chi connectivity index (χ2v) is 11.2. The van der Waals surface area contributed by atoms with E-state index in [1.807, 2.05) is 97.9 Å². The largest absolute Gasteiger partial charge is 0.416 e. The van der Waals surface area contributed by atoms with Gasteiger partial charge in [0.1, 0.15) is 0 Å². The summed E-state index contributed by atoms with van der Waals surface area (Å²) in [4.78, 5) is 13.8. The Morgan fingerprint density at radius 3 is 1.30 bits per heavy atom. The Hall–Kier alpha value is -3.36. The van der Waals surface area contributed by atoms with Crippen LogP contribution in [0.1, 0.15) is 22.8 Å². The summed E-state index contributed by atoms with van der Waals surface area (Å²) in [7, 11) is 0. The van der Waals surface area contributed by atoms with Crippen LogP contribution in [-0.4, -0.2) is 11.1 Å². The SMILES string of the molecule is CC(C(=O)c1ccc(C(F)(F)F)cc1)=P(c1ccccc1)(c1ccccc1)c1ccccc1. The van der Waals surface area contributed by atoms with E-state index in [1.165, 1.54) is 12.1 Å². The lowest BCUT2D eigenvalue weighted by atomic mass is 10.1. The molecule has 166 valence electrons. The summed E-state index contributed by atoms with van der Waals surface area (Å²) >= 11 is 0. The van der Waals surface area contributed by atoms with Gasteiger partial charge in [0, 0.05) is 10.9 Å². The van der Waals surface area contributed by atoms with E-state index in [9.17, 15) is 18.0 Å². The molecule has 0 spiro atoms. The highest BCUT2D eigenvalue weighted by Crippen LogP contribution is 2.46. The molecule has 0 atom stereocenters. The third kappa shape index (κ3) is 4.31. The molecular weight excluding hydrogens is 440 g/mol. The molecule has 0 aliphatic carbocycles. The fourth-order valence-corrected chi connectivity index (χ4v) is 8.50. The maximum atomic E-state index is 13.8. The maximum Gasteiger partial charge on any atom is 0.416 e. The number of rotatable bonds is 5. The monoisotopic (exact) mass is 462 g/mol. The first-order valence-electron chi connectivity index (χ1n) is 10.5. The highest BCUT2D eigenvalue weighted by molar-refractivity contribution is 7.96. The van der Waals surface area contributed by atoms with Crippen molar-refractivity contribution in [2.75, 3.05) is 0 Å². The minimum absolute atomic E-state index is 0.243. The summed E-state index contributed by atoms with van der Waals surface area (Å²) in [5.74, 6) is -0.256. The van der Waals surface area contributed by atoms with Crippen LogP contribution in [0, 0.1) is 0 Å². The first-order valence-corrected chi connectivity index (χ1v) is 12.3. The molecule has 5 heteroatoms. The molecule has 0 N–H and O–H groups in total. The average Bonchev–Trinajstić information content (AvgIpc) is 2.85. The maximum absolute atomic E-state index is 13.8. The van der Waals surface area contributed by atoms with Gasteiger partial charge in [-0.25, -0.2) is 0 Å². The van der Waals surface area contributed by atoms with E-state index in [2.05, 4.69) is 0 Å². The molecule has 4 rings (SSSR count). The van der Waals surface area contributed by atoms with E-state index in [0.717, 1.165) is 28.0 Å². The number of benzene rings is 4. The molecule has 0 radical (unpaired) electrons. The van der Waals surface area contributed by atoms with Crippen molar-refractivity contribution in [1.82, 2.24) is 0 Å². The molecule has 0 saturated heterocycles. The second-order valence-electron chi connectivity index (χ2n) is 7.67. The van der Waals surface area contributed by atoms with Gasteiger partial charge in [-0.1, -0.05) is 103 Å². The molecule has 4 aromatic rings. The normalized spacial score (nSPS) is 11.8. The van der Waals surface area contributed by atoms with Crippen LogP contribution in [-0.2, 0) is 6.18 Å². The Labute approximate surface area is 191 Å². The third-order valence-corrected chi connectivity index (χ3v) is 10.2. The molecular formula is C28H22F3OP. The molecule has 0 aliphatic rings. The van der Waals surface area contributed by atoms with Crippen LogP contribution >= 0.6 is 6.89 Å². The molecule has 4 aromatic carbocycles. The van der Waals surface area contributed by atoms with Gasteiger partial charge in [-0.05, 0) is 41.9 Å². The molecule has 33 heavy (non-hydrogen) atoms. The molecule has 0 saturated carbocycles. The summed E-state index contributed by atoms with van der Waals surface area (Å²) in [5.41, 5.74) is -0.528. The van der Waals surface area contributed by atoms with Crippen LogP contribution in [0.15, 0.2) is 115 Å². The number of hydrogen-bond donors (Lipinski definition) is 0. The summed E-state index contributed by atoms with van der Waals surface area (Å²) in [6.07, 6.45) is -4.45. The highest BCUT2D eigenvalue weighted by atomic mass is 31.2. The van der Waals surface area contributed by atoms with Crippen LogP contribution in [0.2, 0.25) is 0 Å². The lowest BCUT2D eigenvalue weighted by Gasteiger charge is -2.31. The second kappa shape index (κ2) is 9.25. The van der Waals surface area contributed by atoms with Gasteiger partial charge in [-0.15, -0.1) is 0 Å². The smallest absolute Gasteiger partial charge is 0.289 e. The summed E-state index contributed by atoms with van der Waals surface area (Å²) < 4.78 is 39.1. The minimum Gasteiger partial charge on any atom is -0.289 e. The lowest BCUT2D eigenvalue weighted by molar-refractivity contribution is -0.137. The number of ketones is 1. The first kappa shape index (κ1) is 22.8. The lowest BCUT2D eigenvalue weighted by Crippen LogP contribution is -2.32. The number of carbonyl (C=O) groups is 1. The average molecular weight is 462 g/mol. The Balaban J connectivity index is 2.04. The van der Waals surface area contributed by atoms with Crippen molar-refractivity contribution < 1.29 is 18.0 Å². The molecule has 0 bridgehead atoms. The zero-order valence-corrected chi connectivity index (χ0v) is 18.9. The van der Waals surface area contributed by atoms with Gasteiger partial charge in [0.25, 0.3) is 0 Å². The van der Waals surface area contributed by atoms with Crippen molar-refractivity contribution in [2.45, 2.75) is 13.1 Å². The van der Waals surface area contributed by atoms with Gasteiger partial charge < -0.3 is 0 Å². The number of Topliss-reactive ketones (excluding diaryl/α,β-unsaturated/α-hetero) is 1. The number of carbonyl (C=O) groups excluding carboxylic acids is 1. The van der Waals surface area contributed by atoms with E-state index in [1.54, 1.807) is 0 Å². The van der Waals surface area contributed by atoms with Crippen molar-refractivity contribution in [2.24, 2.45) is 0 Å². The van der Waals surface area contributed by atoms with Crippen LogP contribution in [0.4, 0.5) is 13.2 Å². The van der Waals surface area contributed by atoms with Gasteiger partial charge >= 0.3 is 6.18 Å². The molecule has 0 aromatic heterocycles. The standard InChI is InChI=1S/C28H22F3OP/c1-21(27(32)22-17-19-23(20-18-22)28(29,30)31)33(24-11-5-2-6-12-24,25-13-7-3-8-14-25)26-15-9-4-10-16-26/h2-20H,1H3. The van der Waals surface area contributed by atoms with E-state index in [0.29, 0.717) is 5.29 Å². The predicted octanol–water partition coefficient (Wildman–Crippen LogP) is 6.07. The fraction of sp³-hybridized carbons (Fsp3) is 0.0714. The Morgan fingerprint density at radius 1 is 0.606 bits per heavy atom. The topological polar surface area (TPSA) is 17.1 Å². The Morgan fingerprint density at radius 2 is 0.970 bits per heavy atom. The minimum atomic E-state index is -4.45. The predicted molar refractivity (Wildman–Crippen MR) is 132 cm³/mol. The van der Waals surface area contributed by atoms with Gasteiger partial charge in [0.15, 0.2) is 5.78 Å². The van der Waals surface area contributed by atoms with Crippen LogP contribution in [0.25, 0.3) is 0 Å². The molecule has 0 heterocycles. The van der Waals surface area contributed by atoms with Crippen molar-refractivity contribution >= 4 is 33.9 Å². The van der Waals surface area contributed by atoms with Crippen LogP contribution in [0.3, 0.4) is 0 Å². The molecule has 0 aliphatic heterocycles. The zero-order valence-electron chi connectivity index (χ0n) is 18.0. The summed E-state index contributed by atoms with van der Waals surface area (Å²) in [6.45, 7) is -0.745. The van der Waals surface area contributed by atoms with E-state index in [-0.39, 0.29) is 11.3 Å². The Bertz CT molecular complexity index is 1190. The Kier molecular flexibility index (Phi) is 6.40. The van der Waals surface area contributed by atoms with Crippen molar-refractivity contribution in [1.29, 1.82) is 0 Å². The third-order valence-electron chi connectivity index (χ3n) is 5.74. The van der Waals surface area contributed by atoms with Crippen LogP contribution in [0.5, 0.6) is 0 Å². The fourth-order valence-electron chi connectivity index (χ4n) is 4.15. The highest BCUT2D eigenvalue weighted by Gasteiger charge is 2.32. The molecule has 0 amide bonds. The number of hydrogen-bond acceptors (Lipinski definition) is 1. The van der Waals surface area contributed by atoms with Gasteiger partial charge in [-0.2, -0.15) is 13.2 Å². The number of halogens is 3. The van der Waals surface area contributed by atoms with Crippen LogP contribution < -0.4 is 15.9 Å². The van der Waals surface area contributed by atoms with E-state index >= 15 is 0 Å². The van der Waals surface area contributed by atoms with Crippen molar-refractivity contribution in [3.05, 3.63) is 126 Å². The summed E-state index contributed by atoms with van der Waals surface area (Å²) in [6, 6.07) is 34.1. The molecule has 0 fully saturated rings. The summed E-state index contributed by atoms with van der Waals surface area (Å²) in [5, 5.41) is 3.66. The van der Waals surface area contributed by atoms with Gasteiger partial charge in [-0.3, -0.25) is 4.79 Å². The molecule has 1 nitrogen and oxygen atoms in total. The quantitative estimate of drug-likeness (QED) is 0.260. The van der Waals surface area contributed by atoms with Gasteiger partial charge in [0.05, 0.1) is 5.56 Å². The molecule has 0 unspecified atom stereocenters. The number of alkyl halides is 3. The van der Waals surface area contributed by atoms with E-state index in [4.69, 9.17) is 0 Å². The van der Waals surface area contributed by atoms with Crippen molar-refractivity contribution in [3.63, 3.8) is 0 Å². The zero-order chi connectivity index (χ0) is 23.5. The van der Waals surface area contributed by atoms with Crippen molar-refractivity contribution in [3.8, 4) is 0 Å². The van der Waals surface area contributed by atoms with Gasteiger partial charge in [0.2, 0.25) is 0 Å².